The molecule has 3 rings (SSSR count). The molecule has 1 aliphatic heterocycles. The molecule has 2 amide bonds. The van der Waals surface area contributed by atoms with Crippen molar-refractivity contribution in [3.8, 4) is 0 Å². The minimum atomic E-state index is -0.551. The second-order valence-corrected chi connectivity index (χ2v) is 7.81. The van der Waals surface area contributed by atoms with Crippen molar-refractivity contribution in [2.45, 2.75) is 52.5 Å². The Bertz CT molecular complexity index is 712. The molecule has 1 aromatic rings. The predicted molar refractivity (Wildman–Crippen MR) is 111 cm³/mol. The number of carbonyl (C=O) groups is 2. The topological polar surface area (TPSA) is 52.7 Å². The summed E-state index contributed by atoms with van der Waals surface area (Å²) in [4.78, 5) is 30.2. The van der Waals surface area contributed by atoms with Gasteiger partial charge >= 0.3 is 0 Å². The number of fused-ring (bicyclic) bond motifs is 1. The molecule has 0 bridgehead atoms. The number of allylic oxidation sites excluding steroid dienone is 1. The lowest BCUT2D eigenvalue weighted by Crippen LogP contribution is -2.53. The average Bonchev–Trinajstić information content (AvgIpc) is 2.74. The number of piperidine rings is 1. The van der Waals surface area contributed by atoms with Crippen LogP contribution in [0.5, 0.6) is 0 Å². The maximum atomic E-state index is 13.3. The molecule has 28 heavy (non-hydrogen) atoms. The lowest BCUT2D eigenvalue weighted by atomic mass is 9.69. The smallest absolute Gasteiger partial charge is 0.232 e. The summed E-state index contributed by atoms with van der Waals surface area (Å²) in [5, 5.41) is 3.18. The molecule has 0 aromatic heterocycles. The van der Waals surface area contributed by atoms with Gasteiger partial charge in [0.1, 0.15) is 0 Å². The van der Waals surface area contributed by atoms with E-state index in [0.29, 0.717) is 25.9 Å². The number of amides is 2. The number of likely N-dealkylation sites (tertiary alicyclic amines) is 1. The zero-order chi connectivity index (χ0) is 20.0. The largest absolute Gasteiger partial charge is 0.354 e. The normalized spacial score (nSPS) is 22.0. The van der Waals surface area contributed by atoms with E-state index in [4.69, 9.17) is 0 Å². The van der Waals surface area contributed by atoms with Crippen LogP contribution < -0.4 is 5.32 Å². The first-order valence-corrected chi connectivity index (χ1v) is 10.7. The molecule has 0 spiro atoms. The number of benzene rings is 1. The number of rotatable bonds is 8. The van der Waals surface area contributed by atoms with Crippen LogP contribution in [-0.4, -0.2) is 47.8 Å². The number of hydrogen-bond donors (Lipinski definition) is 1. The van der Waals surface area contributed by atoms with Gasteiger partial charge in [-0.1, -0.05) is 50.3 Å². The highest BCUT2D eigenvalue weighted by Crippen LogP contribution is 2.47. The molecular weight excluding hydrogens is 350 g/mol. The van der Waals surface area contributed by atoms with Gasteiger partial charge in [0.2, 0.25) is 11.8 Å². The van der Waals surface area contributed by atoms with Crippen LogP contribution in [0, 0.1) is 5.41 Å². The van der Waals surface area contributed by atoms with E-state index in [0.717, 1.165) is 50.2 Å². The van der Waals surface area contributed by atoms with Crippen molar-refractivity contribution in [3.05, 3.63) is 47.7 Å². The quantitative estimate of drug-likeness (QED) is 0.749. The van der Waals surface area contributed by atoms with Crippen LogP contribution in [0.15, 0.2) is 42.1 Å². The molecular formula is C23H33N3O2. The van der Waals surface area contributed by atoms with E-state index >= 15 is 0 Å². The SMILES string of the molecule is CCN(CC)CCNC(=O)C12CCCC=C1N(Cc1ccccc1)C(=O)CC2. The third-order valence-corrected chi connectivity index (χ3v) is 6.22. The van der Waals surface area contributed by atoms with Crippen LogP contribution in [0.1, 0.15) is 51.5 Å². The fraction of sp³-hybridized carbons (Fsp3) is 0.565. The van der Waals surface area contributed by atoms with E-state index in [2.05, 4.69) is 30.1 Å². The van der Waals surface area contributed by atoms with Gasteiger partial charge in [-0.05, 0) is 44.3 Å². The molecule has 1 heterocycles. The van der Waals surface area contributed by atoms with Gasteiger partial charge in [-0.3, -0.25) is 9.59 Å². The van der Waals surface area contributed by atoms with Gasteiger partial charge in [0, 0.05) is 25.2 Å². The second kappa shape index (κ2) is 9.37. The van der Waals surface area contributed by atoms with Gasteiger partial charge in [0.25, 0.3) is 0 Å². The number of likely N-dealkylation sites (N-methyl/N-ethyl adjacent to an activating group) is 1. The lowest BCUT2D eigenvalue weighted by Gasteiger charge is -2.46. The van der Waals surface area contributed by atoms with Gasteiger partial charge < -0.3 is 15.1 Å². The molecule has 2 aliphatic rings. The Morgan fingerprint density at radius 3 is 2.64 bits per heavy atom. The first-order chi connectivity index (χ1) is 13.6. The molecule has 0 saturated carbocycles. The fourth-order valence-corrected chi connectivity index (χ4v) is 4.50. The van der Waals surface area contributed by atoms with Crippen LogP contribution in [-0.2, 0) is 16.1 Å². The van der Waals surface area contributed by atoms with Crippen molar-refractivity contribution in [2.75, 3.05) is 26.2 Å². The highest BCUT2D eigenvalue weighted by atomic mass is 16.2. The molecule has 5 nitrogen and oxygen atoms in total. The zero-order valence-electron chi connectivity index (χ0n) is 17.2. The Balaban J connectivity index is 1.76. The van der Waals surface area contributed by atoms with Gasteiger partial charge in [-0.2, -0.15) is 0 Å². The highest BCUT2D eigenvalue weighted by Gasteiger charge is 2.49. The fourth-order valence-electron chi connectivity index (χ4n) is 4.50. The van der Waals surface area contributed by atoms with Crippen LogP contribution in [0.25, 0.3) is 0 Å². The maximum Gasteiger partial charge on any atom is 0.232 e. The van der Waals surface area contributed by atoms with Gasteiger partial charge in [0.05, 0.1) is 12.0 Å². The van der Waals surface area contributed by atoms with E-state index in [9.17, 15) is 9.59 Å². The number of nitrogens with one attached hydrogen (secondary N) is 1. The molecule has 1 unspecified atom stereocenters. The molecule has 152 valence electrons. The minimum Gasteiger partial charge on any atom is -0.354 e. The van der Waals surface area contributed by atoms with Crippen LogP contribution in [0.2, 0.25) is 0 Å². The maximum absolute atomic E-state index is 13.3. The standard InChI is InChI=1S/C23H33N3O2/c1-3-25(4-2)17-16-24-22(28)23-14-9-8-12-20(23)26(21(27)13-15-23)18-19-10-6-5-7-11-19/h5-7,10-12H,3-4,8-9,13-18H2,1-2H3,(H,24,28). The van der Waals surface area contributed by atoms with Crippen LogP contribution in [0.3, 0.4) is 0 Å². The Hall–Kier alpha value is -2.14. The van der Waals surface area contributed by atoms with E-state index in [1.807, 2.05) is 35.2 Å². The van der Waals surface area contributed by atoms with E-state index in [1.165, 1.54) is 0 Å². The van der Waals surface area contributed by atoms with E-state index in [1.54, 1.807) is 0 Å². The number of carbonyl (C=O) groups excluding carboxylic acids is 2. The molecule has 1 N–H and O–H groups in total. The Morgan fingerprint density at radius 1 is 1.18 bits per heavy atom. The summed E-state index contributed by atoms with van der Waals surface area (Å²) < 4.78 is 0. The third kappa shape index (κ3) is 4.30. The summed E-state index contributed by atoms with van der Waals surface area (Å²) in [5.41, 5.74) is 1.48. The molecule has 0 radical (unpaired) electrons. The Morgan fingerprint density at radius 2 is 1.93 bits per heavy atom. The second-order valence-electron chi connectivity index (χ2n) is 7.81. The summed E-state index contributed by atoms with van der Waals surface area (Å²) in [6, 6.07) is 10.0. The number of nitrogens with zero attached hydrogens (tertiary/aromatic N) is 2. The highest BCUT2D eigenvalue weighted by molar-refractivity contribution is 5.91. The van der Waals surface area contributed by atoms with Gasteiger partial charge in [-0.25, -0.2) is 0 Å². The van der Waals surface area contributed by atoms with Gasteiger partial charge in [-0.15, -0.1) is 0 Å². The van der Waals surface area contributed by atoms with Crippen molar-refractivity contribution in [2.24, 2.45) is 5.41 Å². The number of hydrogen-bond acceptors (Lipinski definition) is 3. The lowest BCUT2D eigenvalue weighted by molar-refractivity contribution is -0.141. The summed E-state index contributed by atoms with van der Waals surface area (Å²) in [6.07, 6.45) is 5.96. The van der Waals surface area contributed by atoms with E-state index < -0.39 is 5.41 Å². The van der Waals surface area contributed by atoms with Crippen LogP contribution >= 0.6 is 0 Å². The van der Waals surface area contributed by atoms with Crippen molar-refractivity contribution < 1.29 is 9.59 Å². The average molecular weight is 384 g/mol. The monoisotopic (exact) mass is 383 g/mol. The van der Waals surface area contributed by atoms with Crippen molar-refractivity contribution in [1.82, 2.24) is 15.1 Å². The third-order valence-electron chi connectivity index (χ3n) is 6.22. The first-order valence-electron chi connectivity index (χ1n) is 10.7. The summed E-state index contributed by atoms with van der Waals surface area (Å²) >= 11 is 0. The minimum absolute atomic E-state index is 0.0937. The first kappa shape index (κ1) is 20.6. The summed E-state index contributed by atoms with van der Waals surface area (Å²) in [7, 11) is 0. The molecule has 1 fully saturated rings. The van der Waals surface area contributed by atoms with E-state index in [-0.39, 0.29) is 11.8 Å². The summed E-state index contributed by atoms with van der Waals surface area (Å²) in [6.45, 7) is 8.31. The Labute approximate surface area is 168 Å². The molecule has 1 aromatic carbocycles. The van der Waals surface area contributed by atoms with Crippen molar-refractivity contribution in [1.29, 1.82) is 0 Å². The molecule has 5 heteroatoms. The Kier molecular flexibility index (Phi) is 6.89. The molecule has 1 aliphatic carbocycles. The molecule has 1 saturated heterocycles. The van der Waals surface area contributed by atoms with Crippen molar-refractivity contribution in [3.63, 3.8) is 0 Å². The molecule has 1 atom stereocenters. The van der Waals surface area contributed by atoms with Crippen LogP contribution in [0.4, 0.5) is 0 Å². The summed E-state index contributed by atoms with van der Waals surface area (Å²) in [5.74, 6) is 0.222. The zero-order valence-corrected chi connectivity index (χ0v) is 17.2. The van der Waals surface area contributed by atoms with Crippen molar-refractivity contribution >= 4 is 11.8 Å². The van der Waals surface area contributed by atoms with Gasteiger partial charge in [0.15, 0.2) is 0 Å². The predicted octanol–water partition coefficient (Wildman–Crippen LogP) is 3.32.